The van der Waals surface area contributed by atoms with Gasteiger partial charge in [0, 0.05) is 12.0 Å². The number of oxazole rings is 1. The maximum Gasteiger partial charge on any atom is 0.226 e. The zero-order valence-electron chi connectivity index (χ0n) is 17.9. The molecule has 2 aromatic carbocycles. The van der Waals surface area contributed by atoms with Crippen LogP contribution in [0.1, 0.15) is 49.1 Å². The average molecular weight is 405 g/mol. The highest BCUT2D eigenvalue weighted by Crippen LogP contribution is 2.28. The summed E-state index contributed by atoms with van der Waals surface area (Å²) in [5, 5.41) is 0. The van der Waals surface area contributed by atoms with Crippen molar-refractivity contribution in [2.24, 2.45) is 0 Å². The van der Waals surface area contributed by atoms with Gasteiger partial charge in [0.05, 0.1) is 18.9 Å². The van der Waals surface area contributed by atoms with Gasteiger partial charge in [-0.2, -0.15) is 0 Å². The van der Waals surface area contributed by atoms with E-state index in [9.17, 15) is 0 Å². The molecule has 0 N–H and O–H groups in total. The van der Waals surface area contributed by atoms with Crippen LogP contribution < -0.4 is 9.47 Å². The molecule has 30 heavy (non-hydrogen) atoms. The summed E-state index contributed by atoms with van der Waals surface area (Å²) in [6, 6.07) is 12.6. The summed E-state index contributed by atoms with van der Waals surface area (Å²) in [7, 11) is 0. The molecule has 0 atom stereocenters. The van der Waals surface area contributed by atoms with Crippen molar-refractivity contribution in [2.45, 2.75) is 52.4 Å². The Balaban J connectivity index is 1.31. The fourth-order valence-electron chi connectivity index (χ4n) is 3.82. The Labute approximate surface area is 179 Å². The molecule has 3 aromatic rings. The van der Waals surface area contributed by atoms with Crippen molar-refractivity contribution < 1.29 is 13.9 Å². The van der Waals surface area contributed by atoms with Crippen LogP contribution in [0.25, 0.3) is 11.5 Å². The number of hydrogen-bond acceptors (Lipinski definition) is 4. The van der Waals surface area contributed by atoms with Crippen LogP contribution in [-0.4, -0.2) is 18.2 Å². The quantitative estimate of drug-likeness (QED) is 0.388. The van der Waals surface area contributed by atoms with Gasteiger partial charge in [-0.25, -0.2) is 4.98 Å². The molecule has 0 saturated carbocycles. The Morgan fingerprint density at radius 3 is 2.67 bits per heavy atom. The van der Waals surface area contributed by atoms with Gasteiger partial charge in [0.15, 0.2) is 0 Å². The van der Waals surface area contributed by atoms with Crippen molar-refractivity contribution in [3.8, 4) is 23.0 Å². The molecule has 1 aromatic heterocycles. The largest absolute Gasteiger partial charge is 0.493 e. The van der Waals surface area contributed by atoms with E-state index in [4.69, 9.17) is 13.9 Å². The zero-order valence-corrected chi connectivity index (χ0v) is 17.9. The van der Waals surface area contributed by atoms with E-state index in [2.05, 4.69) is 49.5 Å². The molecule has 0 bridgehead atoms. The Bertz CT molecular complexity index is 976. The number of ether oxygens (including phenoxy) is 2. The van der Waals surface area contributed by atoms with Gasteiger partial charge in [-0.15, -0.1) is 0 Å². The topological polar surface area (TPSA) is 44.5 Å². The second-order valence-electron chi connectivity index (χ2n) is 7.75. The van der Waals surface area contributed by atoms with E-state index < -0.39 is 0 Å². The van der Waals surface area contributed by atoms with Gasteiger partial charge in [0.2, 0.25) is 5.89 Å². The Morgan fingerprint density at radius 2 is 1.83 bits per heavy atom. The SMILES string of the molecule is CCCc1cc(-c2nc(CC)co2)ccc1OCCCOc1ccc2c(c1)C[CH]C2. The monoisotopic (exact) mass is 404 g/mol. The molecule has 1 radical (unpaired) electrons. The van der Waals surface area contributed by atoms with Gasteiger partial charge in [0.25, 0.3) is 0 Å². The van der Waals surface area contributed by atoms with E-state index in [-0.39, 0.29) is 0 Å². The lowest BCUT2D eigenvalue weighted by molar-refractivity contribution is 0.246. The van der Waals surface area contributed by atoms with Crippen LogP contribution in [0.4, 0.5) is 0 Å². The standard InChI is InChI=1S/C26H30NO3/c1-3-7-21-16-22(26-27-23(4-2)18-30-26)11-13-25(21)29-15-6-14-28-24-12-10-19-8-5-9-20(19)17-24/h5,10-13,16-18H,3-4,6-9,14-15H2,1-2H3. The number of aryl methyl sites for hydroxylation is 2. The van der Waals surface area contributed by atoms with Gasteiger partial charge >= 0.3 is 0 Å². The lowest BCUT2D eigenvalue weighted by Crippen LogP contribution is -2.06. The predicted molar refractivity (Wildman–Crippen MR) is 119 cm³/mol. The fourth-order valence-corrected chi connectivity index (χ4v) is 3.82. The number of rotatable bonds is 10. The van der Waals surface area contributed by atoms with Crippen LogP contribution >= 0.6 is 0 Å². The maximum atomic E-state index is 6.08. The zero-order chi connectivity index (χ0) is 20.8. The molecule has 1 heterocycles. The van der Waals surface area contributed by atoms with Crippen LogP contribution in [0.3, 0.4) is 0 Å². The molecule has 0 unspecified atom stereocenters. The Morgan fingerprint density at radius 1 is 0.967 bits per heavy atom. The molecule has 4 nitrogen and oxygen atoms in total. The fraction of sp³-hybridized carbons (Fsp3) is 0.385. The van der Waals surface area contributed by atoms with E-state index in [1.165, 1.54) is 16.7 Å². The average Bonchev–Trinajstić information content (AvgIpc) is 3.43. The van der Waals surface area contributed by atoms with Gasteiger partial charge in [-0.05, 0) is 79.1 Å². The minimum Gasteiger partial charge on any atom is -0.493 e. The van der Waals surface area contributed by atoms with E-state index >= 15 is 0 Å². The third-order valence-corrected chi connectivity index (χ3v) is 5.46. The van der Waals surface area contributed by atoms with E-state index in [1.807, 2.05) is 12.1 Å². The number of hydrogen-bond donors (Lipinski definition) is 0. The third-order valence-electron chi connectivity index (χ3n) is 5.46. The van der Waals surface area contributed by atoms with Crippen LogP contribution in [0.2, 0.25) is 0 Å². The van der Waals surface area contributed by atoms with E-state index in [1.54, 1.807) is 6.26 Å². The molecule has 0 saturated heterocycles. The highest BCUT2D eigenvalue weighted by atomic mass is 16.5. The molecular formula is C26H30NO3. The van der Waals surface area contributed by atoms with E-state index in [0.717, 1.165) is 61.3 Å². The van der Waals surface area contributed by atoms with Crippen LogP contribution in [0, 0.1) is 6.42 Å². The first-order valence-corrected chi connectivity index (χ1v) is 11.0. The second-order valence-corrected chi connectivity index (χ2v) is 7.75. The highest BCUT2D eigenvalue weighted by Gasteiger charge is 2.12. The van der Waals surface area contributed by atoms with Crippen molar-refractivity contribution in [1.82, 2.24) is 4.98 Å². The molecule has 0 spiro atoms. The summed E-state index contributed by atoms with van der Waals surface area (Å²) in [6.45, 7) is 5.54. The number of fused-ring (bicyclic) bond motifs is 1. The van der Waals surface area contributed by atoms with Gasteiger partial charge in [-0.1, -0.05) is 26.3 Å². The number of nitrogens with zero attached hydrogens (tertiary/aromatic N) is 1. The molecule has 0 fully saturated rings. The van der Waals surface area contributed by atoms with Crippen molar-refractivity contribution in [1.29, 1.82) is 0 Å². The molecule has 1 aliphatic carbocycles. The molecule has 0 amide bonds. The Kier molecular flexibility index (Phi) is 6.73. The summed E-state index contributed by atoms with van der Waals surface area (Å²) in [6.07, 6.45) is 9.92. The first-order valence-electron chi connectivity index (χ1n) is 11.0. The van der Waals surface area contributed by atoms with Crippen molar-refractivity contribution in [2.75, 3.05) is 13.2 Å². The molecule has 157 valence electrons. The predicted octanol–water partition coefficient (Wildman–Crippen LogP) is 6.01. The summed E-state index contributed by atoms with van der Waals surface area (Å²) in [5.74, 6) is 2.57. The number of aromatic nitrogens is 1. The molecule has 4 heteroatoms. The van der Waals surface area contributed by atoms with E-state index in [0.29, 0.717) is 19.1 Å². The normalized spacial score (nSPS) is 12.7. The second kappa shape index (κ2) is 9.84. The first kappa shape index (κ1) is 20.5. The van der Waals surface area contributed by atoms with Gasteiger partial charge < -0.3 is 13.9 Å². The van der Waals surface area contributed by atoms with Crippen LogP contribution in [0.5, 0.6) is 11.5 Å². The highest BCUT2D eigenvalue weighted by molar-refractivity contribution is 5.57. The molecule has 4 rings (SSSR count). The summed E-state index contributed by atoms with van der Waals surface area (Å²) in [4.78, 5) is 4.54. The summed E-state index contributed by atoms with van der Waals surface area (Å²) >= 11 is 0. The van der Waals surface area contributed by atoms with Gasteiger partial charge in [0.1, 0.15) is 17.8 Å². The van der Waals surface area contributed by atoms with Crippen LogP contribution in [-0.2, 0) is 25.7 Å². The minimum absolute atomic E-state index is 0.633. The Hall–Kier alpha value is -2.75. The lowest BCUT2D eigenvalue weighted by Gasteiger charge is -2.13. The molecule has 0 aliphatic heterocycles. The lowest BCUT2D eigenvalue weighted by atomic mass is 10.1. The minimum atomic E-state index is 0.633. The molecule has 1 aliphatic rings. The van der Waals surface area contributed by atoms with Crippen molar-refractivity contribution in [3.63, 3.8) is 0 Å². The van der Waals surface area contributed by atoms with Gasteiger partial charge in [-0.3, -0.25) is 0 Å². The van der Waals surface area contributed by atoms with Crippen molar-refractivity contribution in [3.05, 3.63) is 71.5 Å². The van der Waals surface area contributed by atoms with Crippen molar-refractivity contribution >= 4 is 0 Å². The number of benzene rings is 2. The molecular weight excluding hydrogens is 374 g/mol. The maximum absolute atomic E-state index is 6.08. The summed E-state index contributed by atoms with van der Waals surface area (Å²) < 4.78 is 17.6. The smallest absolute Gasteiger partial charge is 0.226 e. The summed E-state index contributed by atoms with van der Waals surface area (Å²) in [5.41, 5.74) is 5.99. The third kappa shape index (κ3) is 4.86. The first-order chi connectivity index (χ1) is 14.8. The van der Waals surface area contributed by atoms with Crippen LogP contribution in [0.15, 0.2) is 47.1 Å².